The van der Waals surface area contributed by atoms with Crippen molar-refractivity contribution in [1.29, 1.82) is 0 Å². The molecule has 1 aromatic heterocycles. The van der Waals surface area contributed by atoms with Crippen molar-refractivity contribution in [3.05, 3.63) is 16.1 Å². The molecule has 0 amide bonds. The number of carbonyl (C=O) groups excluding carboxylic acids is 1. The van der Waals surface area contributed by atoms with Gasteiger partial charge in [-0.25, -0.2) is 4.98 Å². The zero-order valence-electron chi connectivity index (χ0n) is 5.52. The third-order valence-electron chi connectivity index (χ3n) is 0.998. The maximum atomic E-state index is 10.9. The topological polar surface area (TPSA) is 45.8 Å². The number of thioether (sulfide) groups is 1. The van der Waals surface area contributed by atoms with E-state index in [9.17, 15) is 4.79 Å². The summed E-state index contributed by atoms with van der Waals surface area (Å²) in [6.07, 6.45) is 1.66. The first kappa shape index (κ1) is 8.90. The molecule has 1 heterocycles. The largest absolute Gasteiger partial charge is 0.324 e. The van der Waals surface area contributed by atoms with Gasteiger partial charge in [-0.1, -0.05) is 35.0 Å². The molecule has 0 aliphatic heterocycles. The van der Waals surface area contributed by atoms with E-state index in [1.807, 2.05) is 0 Å². The molecule has 3 nitrogen and oxygen atoms in total. The van der Waals surface area contributed by atoms with Crippen molar-refractivity contribution in [3.63, 3.8) is 0 Å². The van der Waals surface area contributed by atoms with E-state index in [2.05, 4.69) is 9.97 Å². The molecule has 11 heavy (non-hydrogen) atoms. The summed E-state index contributed by atoms with van der Waals surface area (Å²) >= 11 is 12.1. The number of hydrogen-bond donors (Lipinski definition) is 1. The fraction of sp³-hybridized carbons (Fsp3) is 0.200. The Morgan fingerprint density at radius 2 is 2.27 bits per heavy atom. The molecular weight excluding hydrogens is 207 g/mol. The second-order valence-electron chi connectivity index (χ2n) is 1.68. The monoisotopic (exact) mass is 210 g/mol. The molecule has 0 fully saturated rings. The Morgan fingerprint density at radius 1 is 1.64 bits per heavy atom. The summed E-state index contributed by atoms with van der Waals surface area (Å²) in [4.78, 5) is 17.2. The third kappa shape index (κ3) is 1.89. The molecule has 0 aliphatic rings. The van der Waals surface area contributed by atoms with E-state index < -0.39 is 0 Å². The summed E-state index contributed by atoms with van der Waals surface area (Å²) < 4.78 is 0. The van der Waals surface area contributed by atoms with Crippen LogP contribution >= 0.6 is 35.0 Å². The normalized spacial score (nSPS) is 10.1. The van der Waals surface area contributed by atoms with Gasteiger partial charge in [0.15, 0.2) is 11.0 Å². The molecule has 60 valence electrons. The highest BCUT2D eigenvalue weighted by Crippen LogP contribution is 2.19. The number of aromatic amines is 1. The molecule has 1 N–H and O–H groups in total. The average molecular weight is 211 g/mol. The van der Waals surface area contributed by atoms with E-state index in [0.717, 1.165) is 11.8 Å². The Labute approximate surface area is 77.5 Å². The van der Waals surface area contributed by atoms with Gasteiger partial charge in [-0.2, -0.15) is 0 Å². The van der Waals surface area contributed by atoms with Crippen molar-refractivity contribution in [2.45, 2.75) is 0 Å². The second-order valence-corrected chi connectivity index (χ2v) is 3.20. The van der Waals surface area contributed by atoms with E-state index >= 15 is 0 Å². The molecule has 0 spiro atoms. The van der Waals surface area contributed by atoms with Crippen LogP contribution in [0.5, 0.6) is 0 Å². The van der Waals surface area contributed by atoms with Crippen molar-refractivity contribution in [3.8, 4) is 0 Å². The highest BCUT2D eigenvalue weighted by Gasteiger charge is 2.11. The zero-order valence-corrected chi connectivity index (χ0v) is 7.85. The first-order valence-corrected chi connectivity index (χ1v) is 4.62. The van der Waals surface area contributed by atoms with Gasteiger partial charge in [0.25, 0.3) is 5.12 Å². The smallest absolute Gasteiger partial charge is 0.254 e. The lowest BCUT2D eigenvalue weighted by Crippen LogP contribution is -1.94. The fourth-order valence-corrected chi connectivity index (χ4v) is 1.08. The molecule has 6 heteroatoms. The highest BCUT2D eigenvalue weighted by atomic mass is 35.5. The van der Waals surface area contributed by atoms with Crippen LogP contribution in [-0.2, 0) is 0 Å². The summed E-state index contributed by atoms with van der Waals surface area (Å²) in [6.45, 7) is 0. The zero-order chi connectivity index (χ0) is 8.43. The van der Waals surface area contributed by atoms with Crippen molar-refractivity contribution >= 4 is 40.1 Å². The lowest BCUT2D eigenvalue weighted by molar-refractivity contribution is 0.108. The van der Waals surface area contributed by atoms with Crippen LogP contribution in [0.2, 0.25) is 10.3 Å². The van der Waals surface area contributed by atoms with Crippen molar-refractivity contribution < 1.29 is 4.79 Å². The maximum Gasteiger partial charge on any atom is 0.254 e. The summed E-state index contributed by atoms with van der Waals surface area (Å²) in [5.41, 5.74) is 0. The van der Waals surface area contributed by atoms with Crippen LogP contribution in [0.4, 0.5) is 0 Å². The van der Waals surface area contributed by atoms with Crippen molar-refractivity contribution in [1.82, 2.24) is 9.97 Å². The van der Waals surface area contributed by atoms with Gasteiger partial charge in [0.05, 0.1) is 0 Å². The highest BCUT2D eigenvalue weighted by molar-refractivity contribution is 8.13. The summed E-state index contributed by atoms with van der Waals surface area (Å²) in [7, 11) is 0. The minimum atomic E-state index is -0.182. The van der Waals surface area contributed by atoms with Crippen LogP contribution in [0.3, 0.4) is 0 Å². The molecule has 0 radical (unpaired) electrons. The van der Waals surface area contributed by atoms with Gasteiger partial charge >= 0.3 is 0 Å². The van der Waals surface area contributed by atoms with Gasteiger partial charge in [-0.3, -0.25) is 4.79 Å². The number of carbonyl (C=O) groups is 1. The number of nitrogens with one attached hydrogen (secondary N) is 1. The van der Waals surface area contributed by atoms with Gasteiger partial charge in [0.1, 0.15) is 5.15 Å². The van der Waals surface area contributed by atoms with E-state index in [4.69, 9.17) is 23.2 Å². The molecule has 1 aromatic rings. The summed E-state index contributed by atoms with van der Waals surface area (Å²) in [5, 5.41) is 0.145. The van der Waals surface area contributed by atoms with Crippen LogP contribution in [-0.4, -0.2) is 21.3 Å². The van der Waals surface area contributed by atoms with Crippen molar-refractivity contribution in [2.75, 3.05) is 6.26 Å². The van der Waals surface area contributed by atoms with Gasteiger partial charge in [0, 0.05) is 0 Å². The Hall–Kier alpha value is -0.190. The van der Waals surface area contributed by atoms with E-state index in [1.54, 1.807) is 6.26 Å². The molecule has 0 aliphatic carbocycles. The Balaban J connectivity index is 2.97. The minimum Gasteiger partial charge on any atom is -0.324 e. The van der Waals surface area contributed by atoms with Crippen LogP contribution in [0, 0.1) is 0 Å². The number of imidazole rings is 1. The average Bonchev–Trinajstić information content (AvgIpc) is 2.31. The SMILES string of the molecule is CSC(=O)c1nc(Cl)c(Cl)[nH]1. The molecule has 0 saturated heterocycles. The molecule has 0 atom stereocenters. The number of hydrogen-bond acceptors (Lipinski definition) is 3. The Bertz CT molecular complexity index is 267. The number of H-pyrrole nitrogens is 1. The first-order valence-electron chi connectivity index (χ1n) is 2.64. The molecular formula is C5H4Cl2N2OS. The quantitative estimate of drug-likeness (QED) is 0.774. The molecule has 0 saturated carbocycles. The number of halogens is 2. The van der Waals surface area contributed by atoms with E-state index in [-0.39, 0.29) is 21.2 Å². The summed E-state index contributed by atoms with van der Waals surface area (Å²) in [6, 6.07) is 0. The molecule has 0 bridgehead atoms. The van der Waals surface area contributed by atoms with E-state index in [1.165, 1.54) is 0 Å². The van der Waals surface area contributed by atoms with Gasteiger partial charge in [-0.15, -0.1) is 0 Å². The second kappa shape index (κ2) is 3.47. The van der Waals surface area contributed by atoms with Crippen molar-refractivity contribution in [2.24, 2.45) is 0 Å². The van der Waals surface area contributed by atoms with Crippen LogP contribution in [0.25, 0.3) is 0 Å². The first-order chi connectivity index (χ1) is 5.15. The molecule has 0 unspecified atom stereocenters. The number of rotatable bonds is 1. The predicted octanol–water partition coefficient (Wildman–Crippen LogP) is 2.22. The standard InChI is InChI=1S/C5H4Cl2N2OS/c1-11-5(10)4-8-2(6)3(7)9-4/h1H3,(H,8,9). The van der Waals surface area contributed by atoms with E-state index in [0.29, 0.717) is 0 Å². The minimum absolute atomic E-state index is 0.129. The third-order valence-corrected chi connectivity index (χ3v) is 2.21. The lowest BCUT2D eigenvalue weighted by Gasteiger charge is -1.86. The summed E-state index contributed by atoms with van der Waals surface area (Å²) in [5.74, 6) is 0.188. The van der Waals surface area contributed by atoms with Crippen LogP contribution in [0.1, 0.15) is 10.6 Å². The van der Waals surface area contributed by atoms with Gasteiger partial charge in [-0.05, 0) is 6.26 Å². The number of nitrogens with zero attached hydrogens (tertiary/aromatic N) is 1. The Morgan fingerprint density at radius 3 is 2.64 bits per heavy atom. The molecule has 1 rings (SSSR count). The maximum absolute atomic E-state index is 10.9. The fourth-order valence-electron chi connectivity index (χ4n) is 0.524. The predicted molar refractivity (Wildman–Crippen MR) is 46.5 cm³/mol. The molecule has 0 aromatic carbocycles. The van der Waals surface area contributed by atoms with Crippen LogP contribution < -0.4 is 0 Å². The van der Waals surface area contributed by atoms with Gasteiger partial charge in [0.2, 0.25) is 0 Å². The van der Waals surface area contributed by atoms with Crippen LogP contribution in [0.15, 0.2) is 0 Å². The number of aromatic nitrogens is 2. The van der Waals surface area contributed by atoms with Gasteiger partial charge < -0.3 is 4.98 Å². The lowest BCUT2D eigenvalue weighted by atomic mass is 10.7. The Kier molecular flexibility index (Phi) is 2.81.